The maximum Gasteiger partial charge on any atom is 0.260 e. The molecule has 0 atom stereocenters. The van der Waals surface area contributed by atoms with Crippen LogP contribution in [-0.2, 0) is 11.3 Å². The number of amides is 2. The molecule has 0 aliphatic rings. The summed E-state index contributed by atoms with van der Waals surface area (Å²) in [5, 5.41) is 7.23. The van der Waals surface area contributed by atoms with Crippen molar-refractivity contribution in [1.82, 2.24) is 10.3 Å². The molecule has 0 unspecified atom stereocenters. The number of thiazole rings is 1. The van der Waals surface area contributed by atoms with Crippen molar-refractivity contribution < 1.29 is 18.4 Å². The topological polar surface area (TPSA) is 71.1 Å². The summed E-state index contributed by atoms with van der Waals surface area (Å²) >= 11 is 2.65. The molecule has 3 aromatic rings. The lowest BCUT2D eigenvalue weighted by molar-refractivity contribution is -0.119. The van der Waals surface area contributed by atoms with E-state index in [-0.39, 0.29) is 16.6 Å². The molecule has 0 aliphatic heterocycles. The molecule has 134 valence electrons. The van der Waals surface area contributed by atoms with Crippen molar-refractivity contribution >= 4 is 39.6 Å². The van der Waals surface area contributed by atoms with E-state index in [9.17, 15) is 18.4 Å². The fourth-order valence-corrected chi connectivity index (χ4v) is 3.79. The summed E-state index contributed by atoms with van der Waals surface area (Å²) < 4.78 is 26.9. The first-order valence-electron chi connectivity index (χ1n) is 7.48. The van der Waals surface area contributed by atoms with Gasteiger partial charge in [-0.2, -0.15) is 0 Å². The molecule has 0 aliphatic carbocycles. The van der Waals surface area contributed by atoms with Crippen LogP contribution in [0.5, 0.6) is 0 Å². The second kappa shape index (κ2) is 7.71. The first-order valence-corrected chi connectivity index (χ1v) is 9.17. The number of halogens is 2. The van der Waals surface area contributed by atoms with Crippen LogP contribution in [0.4, 0.5) is 13.9 Å². The second-order valence-corrected chi connectivity index (χ2v) is 7.32. The predicted molar refractivity (Wildman–Crippen MR) is 97.3 cm³/mol. The van der Waals surface area contributed by atoms with Crippen molar-refractivity contribution in [3.05, 3.63) is 57.8 Å². The molecule has 0 saturated carbocycles. The number of rotatable bonds is 5. The van der Waals surface area contributed by atoms with E-state index in [2.05, 4.69) is 15.6 Å². The molecule has 0 fully saturated rings. The Bertz CT molecular complexity index is 969. The Balaban J connectivity index is 1.71. The molecule has 5 nitrogen and oxygen atoms in total. The quantitative estimate of drug-likeness (QED) is 0.687. The van der Waals surface area contributed by atoms with Crippen molar-refractivity contribution in [2.24, 2.45) is 0 Å². The van der Waals surface area contributed by atoms with E-state index in [1.807, 2.05) is 12.1 Å². The van der Waals surface area contributed by atoms with Gasteiger partial charge in [0.15, 0.2) is 5.13 Å². The molecule has 26 heavy (non-hydrogen) atoms. The Hall–Kier alpha value is -2.65. The largest absolute Gasteiger partial charge is 0.351 e. The maximum atomic E-state index is 13.7. The van der Waals surface area contributed by atoms with E-state index in [4.69, 9.17) is 0 Å². The summed E-state index contributed by atoms with van der Waals surface area (Å²) in [7, 11) is 0. The third kappa shape index (κ3) is 4.30. The van der Waals surface area contributed by atoms with Crippen molar-refractivity contribution in [3.63, 3.8) is 0 Å². The van der Waals surface area contributed by atoms with Gasteiger partial charge in [-0.1, -0.05) is 0 Å². The van der Waals surface area contributed by atoms with Gasteiger partial charge < -0.3 is 5.32 Å². The molecule has 2 amide bonds. The van der Waals surface area contributed by atoms with Gasteiger partial charge in [-0.25, -0.2) is 13.8 Å². The Morgan fingerprint density at radius 2 is 2.00 bits per heavy atom. The van der Waals surface area contributed by atoms with Crippen LogP contribution in [0, 0.1) is 11.6 Å². The smallest absolute Gasteiger partial charge is 0.260 e. The normalized spacial score (nSPS) is 10.6. The number of hydrogen-bond acceptors (Lipinski definition) is 5. The first kappa shape index (κ1) is 18.2. The number of aromatic nitrogens is 1. The van der Waals surface area contributed by atoms with Crippen LogP contribution in [-0.4, -0.2) is 16.8 Å². The van der Waals surface area contributed by atoms with Crippen molar-refractivity contribution in [3.8, 4) is 10.6 Å². The van der Waals surface area contributed by atoms with Crippen LogP contribution in [0.3, 0.4) is 0 Å². The van der Waals surface area contributed by atoms with Gasteiger partial charge in [0.2, 0.25) is 5.91 Å². The number of carbonyl (C=O) groups is 2. The number of nitrogens with zero attached hydrogens (tertiary/aromatic N) is 1. The minimum atomic E-state index is -0.804. The molecule has 0 saturated heterocycles. The minimum Gasteiger partial charge on any atom is -0.351 e. The van der Waals surface area contributed by atoms with Crippen LogP contribution >= 0.6 is 22.7 Å². The summed E-state index contributed by atoms with van der Waals surface area (Å²) in [6.45, 7) is 1.89. The standard InChI is InChI=1S/C17H13F2N3O2S2/c1-9(23)20-7-11-3-5-15(26-11)14-8-25-17(21-14)22-16(24)12-6-10(18)2-4-13(12)19/h2-6,8H,7H2,1H3,(H,20,23)(H,21,22,24). The Kier molecular flexibility index (Phi) is 5.38. The van der Waals surface area contributed by atoms with E-state index in [0.29, 0.717) is 12.2 Å². The number of carbonyl (C=O) groups excluding carboxylic acids is 2. The highest BCUT2D eigenvalue weighted by Crippen LogP contribution is 2.31. The summed E-state index contributed by atoms with van der Waals surface area (Å²) in [5.74, 6) is -2.37. The minimum absolute atomic E-state index is 0.108. The van der Waals surface area contributed by atoms with E-state index in [1.54, 1.807) is 5.38 Å². The van der Waals surface area contributed by atoms with Gasteiger partial charge in [0.05, 0.1) is 22.7 Å². The van der Waals surface area contributed by atoms with Crippen LogP contribution < -0.4 is 10.6 Å². The van der Waals surface area contributed by atoms with Crippen LogP contribution in [0.25, 0.3) is 10.6 Å². The van der Waals surface area contributed by atoms with Gasteiger partial charge in [0, 0.05) is 17.2 Å². The molecular weight excluding hydrogens is 380 g/mol. The third-order valence-electron chi connectivity index (χ3n) is 3.32. The summed E-state index contributed by atoms with van der Waals surface area (Å²) in [4.78, 5) is 29.2. The van der Waals surface area contributed by atoms with Gasteiger partial charge in [0.25, 0.3) is 5.91 Å². The molecule has 9 heteroatoms. The Morgan fingerprint density at radius 3 is 2.77 bits per heavy atom. The zero-order chi connectivity index (χ0) is 18.7. The maximum absolute atomic E-state index is 13.7. The molecule has 3 rings (SSSR count). The fourth-order valence-electron chi connectivity index (χ4n) is 2.10. The number of hydrogen-bond donors (Lipinski definition) is 2. The zero-order valence-electron chi connectivity index (χ0n) is 13.5. The number of benzene rings is 1. The van der Waals surface area contributed by atoms with Crippen LogP contribution in [0.2, 0.25) is 0 Å². The highest BCUT2D eigenvalue weighted by molar-refractivity contribution is 7.17. The number of anilines is 1. The Morgan fingerprint density at radius 1 is 1.19 bits per heavy atom. The highest BCUT2D eigenvalue weighted by atomic mass is 32.1. The SMILES string of the molecule is CC(=O)NCc1ccc(-c2csc(NC(=O)c3cc(F)ccc3F)n2)s1. The Labute approximate surface area is 155 Å². The molecule has 2 N–H and O–H groups in total. The van der Waals surface area contributed by atoms with Crippen molar-refractivity contribution in [1.29, 1.82) is 0 Å². The van der Waals surface area contributed by atoms with Crippen molar-refractivity contribution in [2.45, 2.75) is 13.5 Å². The molecule has 2 heterocycles. The number of nitrogens with one attached hydrogen (secondary N) is 2. The van der Waals surface area contributed by atoms with Crippen LogP contribution in [0.15, 0.2) is 35.7 Å². The van der Waals surface area contributed by atoms with E-state index < -0.39 is 17.5 Å². The summed E-state index contributed by atoms with van der Waals surface area (Å²) in [5.41, 5.74) is 0.277. The molecule has 0 bridgehead atoms. The average Bonchev–Trinajstić information content (AvgIpc) is 3.24. The lowest BCUT2D eigenvalue weighted by Gasteiger charge is -2.03. The van der Waals surface area contributed by atoms with Gasteiger partial charge in [0.1, 0.15) is 11.6 Å². The van der Waals surface area contributed by atoms with E-state index in [0.717, 1.165) is 28.0 Å². The predicted octanol–water partition coefficient (Wildman–Crippen LogP) is 4.04. The first-order chi connectivity index (χ1) is 12.4. The number of thiophene rings is 1. The van der Waals surface area contributed by atoms with Gasteiger partial charge in [-0.3, -0.25) is 14.9 Å². The van der Waals surface area contributed by atoms with E-state index in [1.165, 1.54) is 29.6 Å². The monoisotopic (exact) mass is 393 g/mol. The molecule has 0 radical (unpaired) electrons. The summed E-state index contributed by atoms with van der Waals surface area (Å²) in [6.07, 6.45) is 0. The molecule has 2 aromatic heterocycles. The van der Waals surface area contributed by atoms with Crippen molar-refractivity contribution in [2.75, 3.05) is 5.32 Å². The van der Waals surface area contributed by atoms with E-state index >= 15 is 0 Å². The van der Waals surface area contributed by atoms with Gasteiger partial charge >= 0.3 is 0 Å². The zero-order valence-corrected chi connectivity index (χ0v) is 15.1. The molecule has 1 aromatic carbocycles. The summed E-state index contributed by atoms with van der Waals surface area (Å²) in [6, 6.07) is 6.44. The second-order valence-electron chi connectivity index (χ2n) is 5.29. The average molecular weight is 393 g/mol. The highest BCUT2D eigenvalue weighted by Gasteiger charge is 2.15. The lowest BCUT2D eigenvalue weighted by atomic mass is 10.2. The lowest BCUT2D eigenvalue weighted by Crippen LogP contribution is -2.17. The molecule has 0 spiro atoms. The molecular formula is C17H13F2N3O2S2. The van der Waals surface area contributed by atoms with Gasteiger partial charge in [-0.15, -0.1) is 22.7 Å². The van der Waals surface area contributed by atoms with Crippen LogP contribution in [0.1, 0.15) is 22.2 Å². The van der Waals surface area contributed by atoms with Gasteiger partial charge in [-0.05, 0) is 30.3 Å². The fraction of sp³-hybridized carbons (Fsp3) is 0.118. The third-order valence-corrected chi connectivity index (χ3v) is 5.19.